The maximum Gasteiger partial charge on any atom is 0.127 e. The van der Waals surface area contributed by atoms with Crippen molar-refractivity contribution in [2.45, 2.75) is 39.8 Å². The molecule has 4 nitrogen and oxygen atoms in total. The van der Waals surface area contributed by atoms with E-state index in [9.17, 15) is 0 Å². The van der Waals surface area contributed by atoms with Crippen molar-refractivity contribution in [1.29, 1.82) is 0 Å². The first-order valence-corrected chi connectivity index (χ1v) is 6.43. The molecule has 0 heterocycles. The minimum absolute atomic E-state index is 0.0511. The van der Waals surface area contributed by atoms with Gasteiger partial charge in [-0.3, -0.25) is 0 Å². The Morgan fingerprint density at radius 1 is 0.947 bits per heavy atom. The minimum atomic E-state index is -0.0932. The second-order valence-electron chi connectivity index (χ2n) is 5.81. The molecule has 2 N–H and O–H groups in total. The van der Waals surface area contributed by atoms with Gasteiger partial charge in [0.1, 0.15) is 23.4 Å². The van der Waals surface area contributed by atoms with Crippen molar-refractivity contribution in [3.05, 3.63) is 18.2 Å². The topological polar surface area (TPSA) is 53.7 Å². The van der Waals surface area contributed by atoms with Crippen molar-refractivity contribution in [2.75, 3.05) is 14.2 Å². The number of hydrogen-bond acceptors (Lipinski definition) is 4. The van der Waals surface area contributed by atoms with Crippen LogP contribution >= 0.6 is 0 Å². The van der Waals surface area contributed by atoms with E-state index < -0.39 is 0 Å². The standard InChI is InChI=1S/C15H25NO3/c1-10(16)14(15(2,3)4)19-13-8-11(17-5)7-12(9-13)18-6/h7-10,14H,16H2,1-6H3. The average molecular weight is 267 g/mol. The van der Waals surface area contributed by atoms with Gasteiger partial charge in [0.05, 0.1) is 14.2 Å². The molecule has 0 fully saturated rings. The normalized spacial score (nSPS) is 14.7. The van der Waals surface area contributed by atoms with Crippen LogP contribution in [0.3, 0.4) is 0 Å². The maximum absolute atomic E-state index is 6.04. The smallest absolute Gasteiger partial charge is 0.127 e. The van der Waals surface area contributed by atoms with Crippen LogP contribution < -0.4 is 19.9 Å². The van der Waals surface area contributed by atoms with Crippen molar-refractivity contribution >= 4 is 0 Å². The Kier molecular flexibility index (Phi) is 5.06. The summed E-state index contributed by atoms with van der Waals surface area (Å²) in [6, 6.07) is 5.41. The molecule has 0 radical (unpaired) electrons. The summed E-state index contributed by atoms with van der Waals surface area (Å²) in [6.07, 6.45) is -0.0932. The lowest BCUT2D eigenvalue weighted by atomic mass is 9.85. The van der Waals surface area contributed by atoms with Gasteiger partial charge in [-0.2, -0.15) is 0 Å². The van der Waals surface area contributed by atoms with Crippen molar-refractivity contribution in [1.82, 2.24) is 0 Å². The van der Waals surface area contributed by atoms with Crippen molar-refractivity contribution in [3.63, 3.8) is 0 Å². The number of ether oxygens (including phenoxy) is 3. The largest absolute Gasteiger partial charge is 0.496 e. The number of methoxy groups -OCH3 is 2. The molecule has 4 heteroatoms. The van der Waals surface area contributed by atoms with Gasteiger partial charge in [0.15, 0.2) is 0 Å². The molecule has 1 rings (SSSR count). The number of benzene rings is 1. The van der Waals surface area contributed by atoms with E-state index in [4.69, 9.17) is 19.9 Å². The highest BCUT2D eigenvalue weighted by Gasteiger charge is 2.30. The predicted molar refractivity (Wildman–Crippen MR) is 77.1 cm³/mol. The highest BCUT2D eigenvalue weighted by molar-refractivity contribution is 5.42. The fraction of sp³-hybridized carbons (Fsp3) is 0.600. The second-order valence-corrected chi connectivity index (χ2v) is 5.81. The average Bonchev–Trinajstić information content (AvgIpc) is 2.33. The fourth-order valence-corrected chi connectivity index (χ4v) is 2.07. The van der Waals surface area contributed by atoms with Crippen molar-refractivity contribution < 1.29 is 14.2 Å². The fourth-order valence-electron chi connectivity index (χ4n) is 2.07. The van der Waals surface area contributed by atoms with Crippen LogP contribution in [-0.4, -0.2) is 26.4 Å². The van der Waals surface area contributed by atoms with E-state index in [0.717, 1.165) is 0 Å². The molecule has 0 aromatic heterocycles. The van der Waals surface area contributed by atoms with E-state index >= 15 is 0 Å². The van der Waals surface area contributed by atoms with E-state index in [0.29, 0.717) is 17.2 Å². The lowest BCUT2D eigenvalue weighted by Crippen LogP contribution is -2.45. The van der Waals surface area contributed by atoms with Crippen LogP contribution in [0.25, 0.3) is 0 Å². The van der Waals surface area contributed by atoms with E-state index in [1.54, 1.807) is 14.2 Å². The van der Waals surface area contributed by atoms with Crippen LogP contribution in [0.1, 0.15) is 27.7 Å². The van der Waals surface area contributed by atoms with Gasteiger partial charge in [-0.25, -0.2) is 0 Å². The summed E-state index contributed by atoms with van der Waals surface area (Å²) < 4.78 is 16.5. The van der Waals surface area contributed by atoms with E-state index in [-0.39, 0.29) is 17.6 Å². The molecule has 0 aliphatic rings. The molecule has 1 aromatic carbocycles. The molecule has 0 saturated carbocycles. The van der Waals surface area contributed by atoms with E-state index in [1.165, 1.54) is 0 Å². The maximum atomic E-state index is 6.04. The molecule has 0 aliphatic heterocycles. The third-order valence-electron chi connectivity index (χ3n) is 2.92. The van der Waals surface area contributed by atoms with Crippen LogP contribution in [0.2, 0.25) is 0 Å². The van der Waals surface area contributed by atoms with Crippen LogP contribution in [0.4, 0.5) is 0 Å². The zero-order valence-electron chi connectivity index (χ0n) is 12.7. The summed E-state index contributed by atoms with van der Waals surface area (Å²) in [4.78, 5) is 0. The van der Waals surface area contributed by atoms with Gasteiger partial charge in [0.2, 0.25) is 0 Å². The molecule has 108 valence electrons. The Bertz CT molecular complexity index is 388. The summed E-state index contributed by atoms with van der Waals surface area (Å²) in [5.74, 6) is 2.10. The first kappa shape index (κ1) is 15.6. The third-order valence-corrected chi connectivity index (χ3v) is 2.92. The highest BCUT2D eigenvalue weighted by Crippen LogP contribution is 2.32. The molecule has 0 saturated heterocycles. The van der Waals surface area contributed by atoms with Gasteiger partial charge >= 0.3 is 0 Å². The number of nitrogens with two attached hydrogens (primary N) is 1. The third kappa shape index (κ3) is 4.31. The number of rotatable bonds is 5. The Hall–Kier alpha value is -1.42. The first-order valence-electron chi connectivity index (χ1n) is 6.43. The molecule has 0 bridgehead atoms. The van der Waals surface area contributed by atoms with Crippen LogP contribution in [0.5, 0.6) is 17.2 Å². The lowest BCUT2D eigenvalue weighted by Gasteiger charge is -2.34. The van der Waals surface area contributed by atoms with Crippen molar-refractivity contribution in [3.8, 4) is 17.2 Å². The van der Waals surface area contributed by atoms with Gasteiger partial charge in [-0.1, -0.05) is 20.8 Å². The zero-order valence-corrected chi connectivity index (χ0v) is 12.7. The molecule has 0 aliphatic carbocycles. The Morgan fingerprint density at radius 2 is 1.37 bits per heavy atom. The van der Waals surface area contributed by atoms with Crippen LogP contribution in [0.15, 0.2) is 18.2 Å². The van der Waals surface area contributed by atoms with Crippen LogP contribution in [-0.2, 0) is 0 Å². The molecule has 0 spiro atoms. The van der Waals surface area contributed by atoms with E-state index in [2.05, 4.69) is 20.8 Å². The lowest BCUT2D eigenvalue weighted by molar-refractivity contribution is 0.0680. The number of hydrogen-bond donors (Lipinski definition) is 1. The molecule has 0 amide bonds. The van der Waals surface area contributed by atoms with Crippen molar-refractivity contribution in [2.24, 2.45) is 11.1 Å². The summed E-state index contributed by atoms with van der Waals surface area (Å²) in [5, 5.41) is 0. The van der Waals surface area contributed by atoms with E-state index in [1.807, 2.05) is 25.1 Å². The first-order chi connectivity index (χ1) is 8.77. The Morgan fingerprint density at radius 3 is 1.68 bits per heavy atom. The Labute approximate surface area is 115 Å². The summed E-state index contributed by atoms with van der Waals surface area (Å²) in [5.41, 5.74) is 5.97. The van der Waals surface area contributed by atoms with Gasteiger partial charge < -0.3 is 19.9 Å². The monoisotopic (exact) mass is 267 g/mol. The van der Waals surface area contributed by atoms with Gasteiger partial charge in [0.25, 0.3) is 0 Å². The minimum Gasteiger partial charge on any atom is -0.496 e. The van der Waals surface area contributed by atoms with Crippen LogP contribution in [0, 0.1) is 5.41 Å². The summed E-state index contributed by atoms with van der Waals surface area (Å²) >= 11 is 0. The molecule has 1 aromatic rings. The summed E-state index contributed by atoms with van der Waals surface area (Å²) in [6.45, 7) is 8.28. The molecule has 2 unspecified atom stereocenters. The predicted octanol–water partition coefficient (Wildman–Crippen LogP) is 2.84. The van der Waals surface area contributed by atoms with Gasteiger partial charge in [0, 0.05) is 29.7 Å². The SMILES string of the molecule is COc1cc(OC)cc(OC(C(C)N)C(C)(C)C)c1. The van der Waals surface area contributed by atoms with Gasteiger partial charge in [-0.15, -0.1) is 0 Å². The zero-order chi connectivity index (χ0) is 14.6. The quantitative estimate of drug-likeness (QED) is 0.891. The molecular weight excluding hydrogens is 242 g/mol. The molecular formula is C15H25NO3. The van der Waals surface area contributed by atoms with Gasteiger partial charge in [-0.05, 0) is 6.92 Å². The second kappa shape index (κ2) is 6.15. The Balaban J connectivity index is 3.02. The summed E-state index contributed by atoms with van der Waals surface area (Å²) in [7, 11) is 3.23. The molecule has 19 heavy (non-hydrogen) atoms. The molecule has 2 atom stereocenters. The highest BCUT2D eigenvalue weighted by atomic mass is 16.5.